The predicted molar refractivity (Wildman–Crippen MR) is 120 cm³/mol. The fourth-order valence-corrected chi connectivity index (χ4v) is 4.37. The van der Waals surface area contributed by atoms with Crippen LogP contribution in [0.2, 0.25) is 0 Å². The summed E-state index contributed by atoms with van der Waals surface area (Å²) in [6.07, 6.45) is 0. The summed E-state index contributed by atoms with van der Waals surface area (Å²) in [4.78, 5) is 25.1. The number of amides is 1. The standard InChI is InChI=1S/C22H27N3O7S/c1-13-9-10-16(32-13)20(22(3)11-31-12-22)24-21(28)18(26)14(2)23-15-7-6-8-17(19(15)27)33(29,30)25(4)5/h6-10,20,23,27H,2,11-12H2,1,3-5H3,(H,24,28). The maximum absolute atomic E-state index is 12.7. The van der Waals surface area contributed by atoms with Gasteiger partial charge in [-0.2, -0.15) is 0 Å². The van der Waals surface area contributed by atoms with Crippen molar-refractivity contribution in [3.8, 4) is 5.75 Å². The van der Waals surface area contributed by atoms with E-state index >= 15 is 0 Å². The number of rotatable bonds is 9. The zero-order chi connectivity index (χ0) is 24.6. The topological polar surface area (TPSA) is 138 Å². The largest absolute Gasteiger partial charge is 0.504 e. The van der Waals surface area contributed by atoms with Crippen LogP contribution in [0.1, 0.15) is 24.5 Å². The number of benzene rings is 1. The highest BCUT2D eigenvalue weighted by Crippen LogP contribution is 2.40. The van der Waals surface area contributed by atoms with Gasteiger partial charge >= 0.3 is 0 Å². The van der Waals surface area contributed by atoms with E-state index in [1.165, 1.54) is 32.3 Å². The van der Waals surface area contributed by atoms with E-state index in [-0.39, 0.29) is 16.3 Å². The molecule has 0 aliphatic carbocycles. The van der Waals surface area contributed by atoms with E-state index in [2.05, 4.69) is 17.2 Å². The molecule has 0 saturated carbocycles. The van der Waals surface area contributed by atoms with Crippen LogP contribution in [0.5, 0.6) is 5.75 Å². The molecule has 1 amide bonds. The van der Waals surface area contributed by atoms with E-state index in [9.17, 15) is 23.1 Å². The van der Waals surface area contributed by atoms with Crippen LogP contribution in [0, 0.1) is 12.3 Å². The molecule has 1 aromatic heterocycles. The van der Waals surface area contributed by atoms with Crippen molar-refractivity contribution in [1.29, 1.82) is 0 Å². The number of carbonyl (C=O) groups excluding carboxylic acids is 2. The Balaban J connectivity index is 1.77. The van der Waals surface area contributed by atoms with Gasteiger partial charge < -0.3 is 24.9 Å². The van der Waals surface area contributed by atoms with Crippen LogP contribution in [0.15, 0.2) is 51.9 Å². The second-order valence-electron chi connectivity index (χ2n) is 8.37. The Labute approximate surface area is 192 Å². The average molecular weight is 478 g/mol. The highest BCUT2D eigenvalue weighted by molar-refractivity contribution is 7.89. The normalized spacial score (nSPS) is 16.0. The summed E-state index contributed by atoms with van der Waals surface area (Å²) in [5.74, 6) is -1.35. The van der Waals surface area contributed by atoms with Crippen LogP contribution in [0.4, 0.5) is 5.69 Å². The molecule has 1 aliphatic rings. The molecule has 1 unspecified atom stereocenters. The number of carbonyl (C=O) groups is 2. The van der Waals surface area contributed by atoms with Crippen molar-refractivity contribution in [2.45, 2.75) is 24.8 Å². The zero-order valence-corrected chi connectivity index (χ0v) is 19.7. The number of hydrogen-bond donors (Lipinski definition) is 3. The van der Waals surface area contributed by atoms with Crippen molar-refractivity contribution in [2.75, 3.05) is 32.6 Å². The Kier molecular flexibility index (Phi) is 6.68. The van der Waals surface area contributed by atoms with Gasteiger partial charge in [0.05, 0.1) is 30.6 Å². The van der Waals surface area contributed by atoms with Gasteiger partial charge in [-0.1, -0.05) is 19.6 Å². The molecular formula is C22H27N3O7S. The SMILES string of the molecule is C=C(Nc1cccc(S(=O)(=O)N(C)C)c1O)C(=O)C(=O)NC(c1ccc(C)o1)C1(C)COC1. The van der Waals surface area contributed by atoms with Crippen molar-refractivity contribution in [1.82, 2.24) is 9.62 Å². The lowest BCUT2D eigenvalue weighted by Crippen LogP contribution is -2.52. The van der Waals surface area contributed by atoms with Crippen molar-refractivity contribution in [2.24, 2.45) is 5.41 Å². The Hall–Kier alpha value is -3.15. The number of phenols is 1. The van der Waals surface area contributed by atoms with Gasteiger partial charge in [0.2, 0.25) is 10.0 Å². The first-order chi connectivity index (χ1) is 15.4. The number of nitrogens with one attached hydrogen (secondary N) is 2. The summed E-state index contributed by atoms with van der Waals surface area (Å²) < 4.78 is 36.7. The smallest absolute Gasteiger partial charge is 0.294 e. The van der Waals surface area contributed by atoms with Crippen LogP contribution in [0.25, 0.3) is 0 Å². The number of Topliss-reactive ketones (excluding diaryl/α,β-unsaturated/α-hetero) is 1. The minimum atomic E-state index is -3.93. The molecule has 1 aromatic carbocycles. The third-order valence-corrected chi connectivity index (χ3v) is 7.25. The minimum Gasteiger partial charge on any atom is -0.504 e. The van der Waals surface area contributed by atoms with Crippen LogP contribution in [0.3, 0.4) is 0 Å². The van der Waals surface area contributed by atoms with Gasteiger partial charge in [0.1, 0.15) is 16.4 Å². The number of hydrogen-bond acceptors (Lipinski definition) is 8. The number of aromatic hydroxyl groups is 1. The van der Waals surface area contributed by atoms with E-state index < -0.39 is 38.9 Å². The molecule has 3 rings (SSSR count). The van der Waals surface area contributed by atoms with Gasteiger partial charge in [0, 0.05) is 19.5 Å². The average Bonchev–Trinajstić information content (AvgIpc) is 3.16. The van der Waals surface area contributed by atoms with Crippen LogP contribution in [-0.4, -0.2) is 56.8 Å². The lowest BCUT2D eigenvalue weighted by atomic mass is 9.79. The molecule has 10 nitrogen and oxygen atoms in total. The lowest BCUT2D eigenvalue weighted by molar-refractivity contribution is -0.145. The van der Waals surface area contributed by atoms with E-state index in [0.29, 0.717) is 24.7 Å². The van der Waals surface area contributed by atoms with Crippen LogP contribution in [-0.2, 0) is 24.3 Å². The first-order valence-electron chi connectivity index (χ1n) is 10.1. The van der Waals surface area contributed by atoms with Gasteiger partial charge in [-0.05, 0) is 31.2 Å². The second-order valence-corrected chi connectivity index (χ2v) is 10.5. The molecule has 1 aliphatic heterocycles. The summed E-state index contributed by atoms with van der Waals surface area (Å²) in [6, 6.07) is 6.87. The van der Waals surface area contributed by atoms with Crippen molar-refractivity contribution >= 4 is 27.4 Å². The molecule has 0 bridgehead atoms. The van der Waals surface area contributed by atoms with Gasteiger partial charge in [-0.3, -0.25) is 9.59 Å². The molecule has 0 radical (unpaired) electrons. The number of furan rings is 1. The molecule has 0 spiro atoms. The Morgan fingerprint density at radius 2 is 1.88 bits per heavy atom. The Morgan fingerprint density at radius 3 is 2.39 bits per heavy atom. The minimum absolute atomic E-state index is 0.0818. The first kappa shape index (κ1) is 24.5. The number of anilines is 1. The van der Waals surface area contributed by atoms with Crippen molar-refractivity contribution in [3.63, 3.8) is 0 Å². The van der Waals surface area contributed by atoms with E-state index in [0.717, 1.165) is 4.31 Å². The number of ether oxygens (including phenoxy) is 1. The van der Waals surface area contributed by atoms with Crippen molar-refractivity contribution in [3.05, 3.63) is 54.1 Å². The number of phenolic OH excluding ortho intramolecular Hbond substituents is 1. The Bertz CT molecular complexity index is 1200. The van der Waals surface area contributed by atoms with Crippen molar-refractivity contribution < 1.29 is 32.3 Å². The number of ketones is 1. The first-order valence-corrected chi connectivity index (χ1v) is 11.5. The number of sulfonamides is 1. The fourth-order valence-electron chi connectivity index (χ4n) is 3.37. The molecule has 11 heteroatoms. The van der Waals surface area contributed by atoms with E-state index in [4.69, 9.17) is 9.15 Å². The Morgan fingerprint density at radius 1 is 1.21 bits per heavy atom. The van der Waals surface area contributed by atoms with Gasteiger partial charge in [-0.15, -0.1) is 0 Å². The van der Waals surface area contributed by atoms with Gasteiger partial charge in [0.15, 0.2) is 5.75 Å². The van der Waals surface area contributed by atoms with Crippen LogP contribution >= 0.6 is 0 Å². The monoisotopic (exact) mass is 477 g/mol. The summed E-state index contributed by atoms with van der Waals surface area (Å²) in [5, 5.41) is 15.7. The molecule has 1 atom stereocenters. The summed E-state index contributed by atoms with van der Waals surface area (Å²) >= 11 is 0. The lowest BCUT2D eigenvalue weighted by Gasteiger charge is -2.43. The highest BCUT2D eigenvalue weighted by Gasteiger charge is 2.45. The highest BCUT2D eigenvalue weighted by atomic mass is 32.2. The maximum atomic E-state index is 12.7. The number of aryl methyl sites for hydroxylation is 1. The third kappa shape index (κ3) is 4.80. The molecule has 1 saturated heterocycles. The fraction of sp³-hybridized carbons (Fsp3) is 0.364. The van der Waals surface area contributed by atoms with E-state index in [1.54, 1.807) is 19.1 Å². The molecule has 2 heterocycles. The molecule has 3 N–H and O–H groups in total. The summed E-state index contributed by atoms with van der Waals surface area (Å²) in [7, 11) is -1.28. The molecule has 1 fully saturated rings. The van der Waals surface area contributed by atoms with Gasteiger partial charge in [0.25, 0.3) is 11.7 Å². The molecule has 2 aromatic rings. The van der Waals surface area contributed by atoms with Gasteiger partial charge in [-0.25, -0.2) is 12.7 Å². The predicted octanol–water partition coefficient (Wildman–Crippen LogP) is 1.93. The maximum Gasteiger partial charge on any atom is 0.294 e. The summed E-state index contributed by atoms with van der Waals surface area (Å²) in [5.41, 5.74) is -0.879. The second kappa shape index (κ2) is 9.00. The third-order valence-electron chi connectivity index (χ3n) is 5.41. The molecule has 178 valence electrons. The number of nitrogens with zero attached hydrogens (tertiary/aromatic N) is 1. The van der Waals surface area contributed by atoms with Crippen LogP contribution < -0.4 is 10.6 Å². The summed E-state index contributed by atoms with van der Waals surface area (Å²) in [6.45, 7) is 8.02. The molecule has 33 heavy (non-hydrogen) atoms. The molecular weight excluding hydrogens is 450 g/mol. The zero-order valence-electron chi connectivity index (χ0n) is 18.8. The van der Waals surface area contributed by atoms with E-state index in [1.807, 2.05) is 6.92 Å². The quantitative estimate of drug-likeness (QED) is 0.283. The number of para-hydroxylation sites is 1.